The first-order valence-electron chi connectivity index (χ1n) is 4.48. The summed E-state index contributed by atoms with van der Waals surface area (Å²) in [5.41, 5.74) is 1.20. The van der Waals surface area contributed by atoms with Gasteiger partial charge in [0.05, 0.1) is 13.2 Å². The molecule has 0 aliphatic carbocycles. The molecule has 0 amide bonds. The van der Waals surface area contributed by atoms with Gasteiger partial charge in [0.2, 0.25) is 0 Å². The lowest BCUT2D eigenvalue weighted by atomic mass is 10.1. The van der Waals surface area contributed by atoms with Gasteiger partial charge in [-0.25, -0.2) is 0 Å². The van der Waals surface area contributed by atoms with Gasteiger partial charge in [-0.15, -0.1) is 6.58 Å². The van der Waals surface area contributed by atoms with Crippen LogP contribution in [0.3, 0.4) is 0 Å². The fraction of sp³-hybridized carbons (Fsp3) is 0.800. The first-order chi connectivity index (χ1) is 5.70. The van der Waals surface area contributed by atoms with Crippen LogP contribution in [0, 0.1) is 5.92 Å². The van der Waals surface area contributed by atoms with Crippen molar-refractivity contribution in [2.75, 3.05) is 18.5 Å². The largest absolute Gasteiger partial charge is 0.381 e. The van der Waals surface area contributed by atoms with E-state index < -0.39 is 0 Å². The molecule has 2 heteroatoms. The summed E-state index contributed by atoms with van der Waals surface area (Å²) < 4.78 is 5.50. The van der Waals surface area contributed by atoms with Crippen molar-refractivity contribution < 1.29 is 4.74 Å². The number of rotatable bonds is 7. The second-order valence-corrected chi connectivity index (χ2v) is 3.86. The molecule has 0 saturated carbocycles. The monoisotopic (exact) mass is 234 g/mol. The zero-order valence-corrected chi connectivity index (χ0v) is 9.69. The van der Waals surface area contributed by atoms with E-state index in [1.165, 1.54) is 12.0 Å². The van der Waals surface area contributed by atoms with E-state index in [-0.39, 0.29) is 0 Å². The Bertz CT molecular complexity index is 119. The number of halogens is 1. The molecule has 1 unspecified atom stereocenters. The molecule has 0 spiro atoms. The van der Waals surface area contributed by atoms with Crippen LogP contribution in [0.4, 0.5) is 0 Å². The summed E-state index contributed by atoms with van der Waals surface area (Å²) >= 11 is 3.46. The Labute approximate surface area is 84.3 Å². The van der Waals surface area contributed by atoms with Gasteiger partial charge in [-0.3, -0.25) is 0 Å². The predicted octanol–water partition coefficient (Wildman–Crippen LogP) is 3.39. The second kappa shape index (κ2) is 7.81. The summed E-state index contributed by atoms with van der Waals surface area (Å²) in [5.74, 6) is 0.662. The molecule has 0 saturated heterocycles. The lowest BCUT2D eigenvalue weighted by Crippen LogP contribution is -2.10. The lowest BCUT2D eigenvalue weighted by Gasteiger charge is -2.11. The molecule has 0 rings (SSSR count). The molecule has 72 valence electrons. The maximum atomic E-state index is 5.50. The van der Waals surface area contributed by atoms with E-state index in [2.05, 4.69) is 29.4 Å². The zero-order valence-electron chi connectivity index (χ0n) is 8.11. The van der Waals surface area contributed by atoms with Crippen molar-refractivity contribution in [3.05, 3.63) is 12.2 Å². The van der Waals surface area contributed by atoms with Crippen LogP contribution < -0.4 is 0 Å². The zero-order chi connectivity index (χ0) is 9.40. The molecule has 0 aromatic heterocycles. The van der Waals surface area contributed by atoms with Crippen molar-refractivity contribution in [1.29, 1.82) is 0 Å². The Hall–Kier alpha value is 0.180. The molecular formula is C10H19BrO. The first-order valence-corrected chi connectivity index (χ1v) is 5.61. The van der Waals surface area contributed by atoms with E-state index >= 15 is 0 Å². The third-order valence-corrected chi connectivity index (χ3v) is 2.74. The molecule has 0 N–H and O–H groups in total. The van der Waals surface area contributed by atoms with Gasteiger partial charge in [0.25, 0.3) is 0 Å². The van der Waals surface area contributed by atoms with Crippen LogP contribution in [0.5, 0.6) is 0 Å². The molecule has 12 heavy (non-hydrogen) atoms. The number of hydrogen-bond donors (Lipinski definition) is 0. The standard InChI is InChI=1S/C10H19BrO/c1-4-10(7-11)8-12-6-5-9(2)3/h10H,2,4-8H2,1,3H3. The summed E-state index contributed by atoms with van der Waals surface area (Å²) in [6.45, 7) is 9.73. The smallest absolute Gasteiger partial charge is 0.0503 e. The van der Waals surface area contributed by atoms with Crippen molar-refractivity contribution in [3.63, 3.8) is 0 Å². The van der Waals surface area contributed by atoms with Crippen LogP contribution in [0.25, 0.3) is 0 Å². The minimum atomic E-state index is 0.662. The minimum Gasteiger partial charge on any atom is -0.381 e. The van der Waals surface area contributed by atoms with E-state index in [0.717, 1.165) is 25.0 Å². The van der Waals surface area contributed by atoms with Gasteiger partial charge in [0.15, 0.2) is 0 Å². The van der Waals surface area contributed by atoms with Crippen molar-refractivity contribution >= 4 is 15.9 Å². The Morgan fingerprint density at radius 2 is 2.25 bits per heavy atom. The second-order valence-electron chi connectivity index (χ2n) is 3.21. The van der Waals surface area contributed by atoms with Gasteiger partial charge in [0.1, 0.15) is 0 Å². The topological polar surface area (TPSA) is 9.23 Å². The maximum absolute atomic E-state index is 5.50. The van der Waals surface area contributed by atoms with Crippen LogP contribution in [-0.4, -0.2) is 18.5 Å². The van der Waals surface area contributed by atoms with Crippen LogP contribution in [0.15, 0.2) is 12.2 Å². The molecular weight excluding hydrogens is 216 g/mol. The van der Waals surface area contributed by atoms with Crippen LogP contribution >= 0.6 is 15.9 Å². The highest BCUT2D eigenvalue weighted by Crippen LogP contribution is 2.07. The Balaban J connectivity index is 3.23. The molecule has 0 heterocycles. The summed E-state index contributed by atoms with van der Waals surface area (Å²) in [4.78, 5) is 0. The average Bonchev–Trinajstić information content (AvgIpc) is 2.04. The molecule has 0 aromatic carbocycles. The van der Waals surface area contributed by atoms with Crippen molar-refractivity contribution in [1.82, 2.24) is 0 Å². The average molecular weight is 235 g/mol. The van der Waals surface area contributed by atoms with Crippen LogP contribution in [-0.2, 0) is 4.74 Å². The summed E-state index contributed by atoms with van der Waals surface area (Å²) in [5, 5.41) is 1.04. The van der Waals surface area contributed by atoms with Crippen molar-refractivity contribution in [3.8, 4) is 0 Å². The molecule has 0 fully saturated rings. The van der Waals surface area contributed by atoms with Crippen molar-refractivity contribution in [2.45, 2.75) is 26.7 Å². The fourth-order valence-corrected chi connectivity index (χ4v) is 1.41. The van der Waals surface area contributed by atoms with Gasteiger partial charge in [0, 0.05) is 5.33 Å². The van der Waals surface area contributed by atoms with E-state index in [0.29, 0.717) is 5.92 Å². The summed E-state index contributed by atoms with van der Waals surface area (Å²) in [6, 6.07) is 0. The van der Waals surface area contributed by atoms with Crippen LogP contribution in [0.2, 0.25) is 0 Å². The molecule has 0 aromatic rings. The first kappa shape index (κ1) is 12.2. The molecule has 1 nitrogen and oxygen atoms in total. The van der Waals surface area contributed by atoms with E-state index in [9.17, 15) is 0 Å². The SMILES string of the molecule is C=C(C)CCOCC(CC)CBr. The van der Waals surface area contributed by atoms with Gasteiger partial charge >= 0.3 is 0 Å². The highest BCUT2D eigenvalue weighted by Gasteiger charge is 2.03. The van der Waals surface area contributed by atoms with Crippen molar-refractivity contribution in [2.24, 2.45) is 5.92 Å². The molecule has 0 radical (unpaired) electrons. The van der Waals surface area contributed by atoms with E-state index in [4.69, 9.17) is 4.74 Å². The Morgan fingerprint density at radius 1 is 1.58 bits per heavy atom. The minimum absolute atomic E-state index is 0.662. The summed E-state index contributed by atoms with van der Waals surface area (Å²) in [7, 11) is 0. The van der Waals surface area contributed by atoms with Crippen LogP contribution in [0.1, 0.15) is 26.7 Å². The Kier molecular flexibility index (Phi) is 7.93. The fourth-order valence-electron chi connectivity index (χ4n) is 0.768. The molecule has 1 atom stereocenters. The van der Waals surface area contributed by atoms with Gasteiger partial charge < -0.3 is 4.74 Å². The Morgan fingerprint density at radius 3 is 2.67 bits per heavy atom. The van der Waals surface area contributed by atoms with Gasteiger partial charge in [-0.2, -0.15) is 0 Å². The third kappa shape index (κ3) is 6.86. The highest BCUT2D eigenvalue weighted by molar-refractivity contribution is 9.09. The highest BCUT2D eigenvalue weighted by atomic mass is 79.9. The molecule has 0 aliphatic heterocycles. The van der Waals surface area contributed by atoms with E-state index in [1.807, 2.05) is 6.92 Å². The normalized spacial score (nSPS) is 12.9. The molecule has 0 aliphatic rings. The van der Waals surface area contributed by atoms with Gasteiger partial charge in [-0.1, -0.05) is 34.8 Å². The quantitative estimate of drug-likeness (QED) is 0.373. The predicted molar refractivity (Wildman–Crippen MR) is 57.8 cm³/mol. The molecule has 0 bridgehead atoms. The van der Waals surface area contributed by atoms with Gasteiger partial charge in [-0.05, 0) is 19.3 Å². The van der Waals surface area contributed by atoms with E-state index in [1.54, 1.807) is 0 Å². The number of hydrogen-bond acceptors (Lipinski definition) is 1. The third-order valence-electron chi connectivity index (χ3n) is 1.82. The number of alkyl halides is 1. The number of ether oxygens (including phenoxy) is 1. The summed E-state index contributed by atoms with van der Waals surface area (Å²) in [6.07, 6.45) is 2.16. The lowest BCUT2D eigenvalue weighted by molar-refractivity contribution is 0.108. The maximum Gasteiger partial charge on any atom is 0.0503 e.